The summed E-state index contributed by atoms with van der Waals surface area (Å²) < 4.78 is 0. The molecule has 0 aromatic heterocycles. The number of aliphatic imine (C=N–C) groups is 1. The van der Waals surface area contributed by atoms with Gasteiger partial charge in [0.1, 0.15) is 0 Å². The number of rotatable bonds is 6. The Morgan fingerprint density at radius 1 is 1.17 bits per heavy atom. The maximum atomic E-state index is 11.9. The maximum absolute atomic E-state index is 11.9. The zero-order chi connectivity index (χ0) is 20.6. The smallest absolute Gasteiger partial charge is 0.239 e. The number of nitrogens with zero attached hydrogens (tertiary/aromatic N) is 2. The van der Waals surface area contributed by atoms with Gasteiger partial charge in [0.25, 0.3) is 0 Å². The monoisotopic (exact) mass is 515 g/mol. The number of halogens is 1. The lowest BCUT2D eigenvalue weighted by Gasteiger charge is -2.30. The molecule has 7 heteroatoms. The standard InChI is InChI=1S/C22H37N5O.HI/c1-17-9-11-27(12-10-17)16-19-8-6-7-18(13-19)14-24-21(23-5)25-15-20(28)26-22(2,3)4;/h6-8,13,17H,9-12,14-16H2,1-5H3,(H,26,28)(H2,23,24,25);1H. The molecule has 0 atom stereocenters. The predicted octanol–water partition coefficient (Wildman–Crippen LogP) is 3.12. The summed E-state index contributed by atoms with van der Waals surface area (Å²) in [4.78, 5) is 18.7. The van der Waals surface area contributed by atoms with Crippen LogP contribution in [-0.2, 0) is 17.9 Å². The summed E-state index contributed by atoms with van der Waals surface area (Å²) in [6.45, 7) is 12.5. The van der Waals surface area contributed by atoms with Crippen LogP contribution in [0.15, 0.2) is 29.3 Å². The quantitative estimate of drug-likeness (QED) is 0.310. The third-order valence-electron chi connectivity index (χ3n) is 4.89. The molecule has 2 rings (SSSR count). The molecule has 1 amide bonds. The summed E-state index contributed by atoms with van der Waals surface area (Å²) >= 11 is 0. The van der Waals surface area contributed by atoms with E-state index in [0.717, 1.165) is 12.5 Å². The lowest BCUT2D eigenvalue weighted by molar-refractivity contribution is -0.121. The number of likely N-dealkylation sites (tertiary alicyclic amines) is 1. The molecular formula is C22H38IN5O. The summed E-state index contributed by atoms with van der Waals surface area (Å²) in [5.41, 5.74) is 2.33. The minimum Gasteiger partial charge on any atom is -0.352 e. The Morgan fingerprint density at radius 2 is 1.83 bits per heavy atom. The van der Waals surface area contributed by atoms with Crippen LogP contribution in [0.2, 0.25) is 0 Å². The Hall–Kier alpha value is -1.35. The predicted molar refractivity (Wildman–Crippen MR) is 132 cm³/mol. The van der Waals surface area contributed by atoms with Crippen molar-refractivity contribution in [3.63, 3.8) is 0 Å². The molecule has 1 aromatic rings. The molecule has 1 aliphatic rings. The first-order valence-electron chi connectivity index (χ1n) is 10.3. The van der Waals surface area contributed by atoms with Gasteiger partial charge in [0.05, 0.1) is 6.54 Å². The maximum Gasteiger partial charge on any atom is 0.239 e. The van der Waals surface area contributed by atoms with Gasteiger partial charge in [0.15, 0.2) is 5.96 Å². The van der Waals surface area contributed by atoms with Gasteiger partial charge in [-0.3, -0.25) is 14.7 Å². The minimum atomic E-state index is -0.234. The van der Waals surface area contributed by atoms with Gasteiger partial charge in [-0.15, -0.1) is 24.0 Å². The van der Waals surface area contributed by atoms with Gasteiger partial charge in [-0.2, -0.15) is 0 Å². The number of amides is 1. The van der Waals surface area contributed by atoms with Gasteiger partial charge < -0.3 is 16.0 Å². The molecule has 29 heavy (non-hydrogen) atoms. The topological polar surface area (TPSA) is 68.8 Å². The van der Waals surface area contributed by atoms with Crippen LogP contribution in [0.3, 0.4) is 0 Å². The average Bonchev–Trinajstić information content (AvgIpc) is 2.63. The van der Waals surface area contributed by atoms with E-state index in [9.17, 15) is 4.79 Å². The Labute approximate surface area is 193 Å². The van der Waals surface area contributed by atoms with Gasteiger partial charge in [-0.05, 0) is 63.7 Å². The first kappa shape index (κ1) is 25.7. The number of nitrogens with one attached hydrogen (secondary N) is 3. The van der Waals surface area contributed by atoms with E-state index < -0.39 is 0 Å². The van der Waals surface area contributed by atoms with E-state index in [1.807, 2.05) is 20.8 Å². The van der Waals surface area contributed by atoms with Crippen molar-refractivity contribution in [1.82, 2.24) is 20.9 Å². The fraction of sp³-hybridized carbons (Fsp3) is 0.636. The summed E-state index contributed by atoms with van der Waals surface area (Å²) in [6, 6.07) is 8.69. The highest BCUT2D eigenvalue weighted by Crippen LogP contribution is 2.18. The lowest BCUT2D eigenvalue weighted by atomic mass is 9.98. The highest BCUT2D eigenvalue weighted by atomic mass is 127. The van der Waals surface area contributed by atoms with Crippen LogP contribution >= 0.6 is 24.0 Å². The van der Waals surface area contributed by atoms with Crippen molar-refractivity contribution in [2.75, 3.05) is 26.7 Å². The molecule has 1 aliphatic heterocycles. The van der Waals surface area contributed by atoms with E-state index in [4.69, 9.17) is 0 Å². The van der Waals surface area contributed by atoms with Crippen molar-refractivity contribution in [2.24, 2.45) is 10.9 Å². The van der Waals surface area contributed by atoms with E-state index >= 15 is 0 Å². The Morgan fingerprint density at radius 3 is 2.45 bits per heavy atom. The van der Waals surface area contributed by atoms with Crippen LogP contribution in [0, 0.1) is 5.92 Å². The highest BCUT2D eigenvalue weighted by molar-refractivity contribution is 14.0. The van der Waals surface area contributed by atoms with Crippen LogP contribution < -0.4 is 16.0 Å². The van der Waals surface area contributed by atoms with Gasteiger partial charge in [0, 0.05) is 25.7 Å². The Kier molecular flexibility index (Phi) is 11.0. The van der Waals surface area contributed by atoms with Crippen LogP contribution in [0.1, 0.15) is 51.7 Å². The molecule has 0 aliphatic carbocycles. The third-order valence-corrected chi connectivity index (χ3v) is 4.89. The highest BCUT2D eigenvalue weighted by Gasteiger charge is 2.16. The molecule has 0 saturated carbocycles. The van der Waals surface area contributed by atoms with Gasteiger partial charge in [-0.25, -0.2) is 0 Å². The van der Waals surface area contributed by atoms with Crippen LogP contribution in [0.5, 0.6) is 0 Å². The van der Waals surface area contributed by atoms with Gasteiger partial charge >= 0.3 is 0 Å². The zero-order valence-corrected chi connectivity index (χ0v) is 20.9. The van der Waals surface area contributed by atoms with Crippen molar-refractivity contribution in [3.05, 3.63) is 35.4 Å². The van der Waals surface area contributed by atoms with Crippen molar-refractivity contribution in [2.45, 2.75) is 59.2 Å². The molecule has 3 N–H and O–H groups in total. The van der Waals surface area contributed by atoms with Gasteiger partial charge in [0.2, 0.25) is 5.91 Å². The third kappa shape index (κ3) is 10.3. The largest absolute Gasteiger partial charge is 0.352 e. The molecule has 1 aromatic carbocycles. The minimum absolute atomic E-state index is 0. The number of carbonyl (C=O) groups is 1. The second kappa shape index (κ2) is 12.4. The molecule has 1 saturated heterocycles. The number of benzene rings is 1. The molecule has 0 radical (unpaired) electrons. The van der Waals surface area contributed by atoms with Crippen molar-refractivity contribution in [1.29, 1.82) is 0 Å². The van der Waals surface area contributed by atoms with Crippen LogP contribution in [-0.4, -0.2) is 49.0 Å². The van der Waals surface area contributed by atoms with Gasteiger partial charge in [-0.1, -0.05) is 31.2 Å². The van der Waals surface area contributed by atoms with Crippen molar-refractivity contribution >= 4 is 35.8 Å². The summed E-state index contributed by atoms with van der Waals surface area (Å²) in [6.07, 6.45) is 2.60. The summed E-state index contributed by atoms with van der Waals surface area (Å²) in [5, 5.41) is 9.28. The molecule has 6 nitrogen and oxygen atoms in total. The first-order chi connectivity index (χ1) is 13.2. The Bertz CT molecular complexity index is 663. The second-order valence-corrected chi connectivity index (χ2v) is 8.86. The van der Waals surface area contributed by atoms with Crippen LogP contribution in [0.4, 0.5) is 0 Å². The van der Waals surface area contributed by atoms with E-state index in [1.54, 1.807) is 7.05 Å². The fourth-order valence-electron chi connectivity index (χ4n) is 3.35. The molecule has 0 bridgehead atoms. The van der Waals surface area contributed by atoms with Crippen molar-refractivity contribution in [3.8, 4) is 0 Å². The molecule has 1 fully saturated rings. The van der Waals surface area contributed by atoms with E-state index in [2.05, 4.69) is 57.0 Å². The van der Waals surface area contributed by atoms with E-state index in [1.165, 1.54) is 37.1 Å². The number of guanidine groups is 1. The zero-order valence-electron chi connectivity index (χ0n) is 18.5. The normalized spacial score (nSPS) is 16.1. The molecular weight excluding hydrogens is 477 g/mol. The summed E-state index contributed by atoms with van der Waals surface area (Å²) in [5.74, 6) is 1.43. The fourth-order valence-corrected chi connectivity index (χ4v) is 3.35. The number of carbonyl (C=O) groups excluding carboxylic acids is 1. The lowest BCUT2D eigenvalue weighted by Crippen LogP contribution is -2.48. The van der Waals surface area contributed by atoms with E-state index in [0.29, 0.717) is 12.5 Å². The molecule has 164 valence electrons. The average molecular weight is 515 g/mol. The van der Waals surface area contributed by atoms with Crippen molar-refractivity contribution < 1.29 is 4.79 Å². The second-order valence-electron chi connectivity index (χ2n) is 8.86. The first-order valence-corrected chi connectivity index (χ1v) is 10.3. The number of hydrogen-bond donors (Lipinski definition) is 3. The summed E-state index contributed by atoms with van der Waals surface area (Å²) in [7, 11) is 1.71. The molecule has 0 unspecified atom stereocenters. The SMILES string of the molecule is CN=C(NCC(=O)NC(C)(C)C)NCc1cccc(CN2CCC(C)CC2)c1.I. The number of hydrogen-bond acceptors (Lipinski definition) is 3. The van der Waals surface area contributed by atoms with E-state index in [-0.39, 0.29) is 42.0 Å². The number of piperidine rings is 1. The Balaban J connectivity index is 0.00000420. The van der Waals surface area contributed by atoms with Crippen LogP contribution in [0.25, 0.3) is 0 Å². The molecule has 0 spiro atoms. The molecule has 1 heterocycles.